The van der Waals surface area contributed by atoms with Gasteiger partial charge in [-0.2, -0.15) is 0 Å². The summed E-state index contributed by atoms with van der Waals surface area (Å²) >= 11 is 0. The Morgan fingerprint density at radius 2 is 1.86 bits per heavy atom. The van der Waals surface area contributed by atoms with Crippen LogP contribution in [0.4, 0.5) is 0 Å². The minimum absolute atomic E-state index is 0.398. The van der Waals surface area contributed by atoms with E-state index in [2.05, 4.69) is 50.4 Å². The number of hydrogen-bond acceptors (Lipinski definition) is 1. The standard InChI is InChI=1S/C13H19N/c1-10-4-6-11(7-5-10)12-8-14-9-13(12,2)3/h4-7,12,14H,8-9H2,1-3H3/t12-/m1/s1. The van der Waals surface area contributed by atoms with Crippen LogP contribution < -0.4 is 5.32 Å². The van der Waals surface area contributed by atoms with Crippen molar-refractivity contribution >= 4 is 0 Å². The Balaban J connectivity index is 2.27. The van der Waals surface area contributed by atoms with E-state index >= 15 is 0 Å². The van der Waals surface area contributed by atoms with Crippen molar-refractivity contribution in [2.45, 2.75) is 26.7 Å². The van der Waals surface area contributed by atoms with Gasteiger partial charge in [-0.05, 0) is 17.9 Å². The smallest absolute Gasteiger partial charge is 0.00267 e. The molecule has 1 aliphatic rings. The van der Waals surface area contributed by atoms with E-state index in [1.807, 2.05) is 0 Å². The number of hydrogen-bond donors (Lipinski definition) is 1. The third kappa shape index (κ3) is 1.69. The first-order valence-electron chi connectivity index (χ1n) is 5.37. The first kappa shape index (κ1) is 9.72. The highest BCUT2D eigenvalue weighted by Crippen LogP contribution is 2.38. The van der Waals surface area contributed by atoms with Crippen molar-refractivity contribution in [3.63, 3.8) is 0 Å². The molecule has 1 fully saturated rings. The van der Waals surface area contributed by atoms with Crippen molar-refractivity contribution in [2.75, 3.05) is 13.1 Å². The molecule has 0 aromatic heterocycles. The molecule has 1 aromatic carbocycles. The molecular formula is C13H19N. The van der Waals surface area contributed by atoms with Gasteiger partial charge < -0.3 is 5.32 Å². The first-order valence-corrected chi connectivity index (χ1v) is 5.37. The predicted molar refractivity (Wildman–Crippen MR) is 60.6 cm³/mol. The fraction of sp³-hybridized carbons (Fsp3) is 0.538. The van der Waals surface area contributed by atoms with Crippen molar-refractivity contribution < 1.29 is 0 Å². The second-order valence-electron chi connectivity index (χ2n) is 5.08. The van der Waals surface area contributed by atoms with E-state index in [-0.39, 0.29) is 0 Å². The van der Waals surface area contributed by atoms with Crippen molar-refractivity contribution in [1.82, 2.24) is 5.32 Å². The second kappa shape index (κ2) is 3.39. The summed E-state index contributed by atoms with van der Waals surface area (Å²) in [4.78, 5) is 0. The molecule has 0 saturated carbocycles. The number of aryl methyl sites for hydroxylation is 1. The summed E-state index contributed by atoms with van der Waals surface area (Å²) in [5, 5.41) is 3.48. The zero-order chi connectivity index (χ0) is 10.2. The van der Waals surface area contributed by atoms with E-state index in [1.54, 1.807) is 0 Å². The van der Waals surface area contributed by atoms with Crippen LogP contribution >= 0.6 is 0 Å². The average molecular weight is 189 g/mol. The van der Waals surface area contributed by atoms with Gasteiger partial charge in [0.15, 0.2) is 0 Å². The Kier molecular flexibility index (Phi) is 2.36. The molecule has 0 bridgehead atoms. The van der Waals surface area contributed by atoms with Crippen molar-refractivity contribution in [3.05, 3.63) is 35.4 Å². The largest absolute Gasteiger partial charge is 0.316 e. The highest BCUT2D eigenvalue weighted by atomic mass is 14.9. The molecule has 1 aliphatic heterocycles. The Bertz CT molecular complexity index is 311. The van der Waals surface area contributed by atoms with Crippen LogP contribution in [0.5, 0.6) is 0 Å². The highest BCUT2D eigenvalue weighted by molar-refractivity contribution is 5.27. The minimum atomic E-state index is 0.398. The molecular weight excluding hydrogens is 170 g/mol. The van der Waals surface area contributed by atoms with Crippen LogP contribution in [0.3, 0.4) is 0 Å². The molecule has 1 heterocycles. The van der Waals surface area contributed by atoms with E-state index in [0.29, 0.717) is 11.3 Å². The highest BCUT2D eigenvalue weighted by Gasteiger charge is 2.35. The normalized spacial score (nSPS) is 25.2. The van der Waals surface area contributed by atoms with Gasteiger partial charge in [-0.1, -0.05) is 43.7 Å². The Labute approximate surface area is 86.5 Å². The van der Waals surface area contributed by atoms with E-state index < -0.39 is 0 Å². The van der Waals surface area contributed by atoms with Gasteiger partial charge in [0.05, 0.1) is 0 Å². The van der Waals surface area contributed by atoms with Gasteiger partial charge in [0.25, 0.3) is 0 Å². The molecule has 14 heavy (non-hydrogen) atoms. The molecule has 0 aliphatic carbocycles. The van der Waals surface area contributed by atoms with Crippen LogP contribution in [0.15, 0.2) is 24.3 Å². The van der Waals surface area contributed by atoms with E-state index in [0.717, 1.165) is 13.1 Å². The molecule has 0 spiro atoms. The molecule has 0 radical (unpaired) electrons. The summed E-state index contributed by atoms with van der Waals surface area (Å²) < 4.78 is 0. The summed E-state index contributed by atoms with van der Waals surface area (Å²) in [6.07, 6.45) is 0. The van der Waals surface area contributed by atoms with E-state index in [9.17, 15) is 0 Å². The monoisotopic (exact) mass is 189 g/mol. The Hall–Kier alpha value is -0.820. The molecule has 1 saturated heterocycles. The topological polar surface area (TPSA) is 12.0 Å². The first-order chi connectivity index (χ1) is 6.59. The SMILES string of the molecule is Cc1ccc([C@H]2CNCC2(C)C)cc1. The van der Waals surface area contributed by atoms with Gasteiger partial charge in [0.2, 0.25) is 0 Å². The molecule has 1 atom stereocenters. The maximum atomic E-state index is 3.48. The van der Waals surface area contributed by atoms with Crippen LogP contribution in [0.2, 0.25) is 0 Å². The molecule has 2 rings (SSSR count). The van der Waals surface area contributed by atoms with Crippen molar-refractivity contribution in [1.29, 1.82) is 0 Å². The Morgan fingerprint density at radius 3 is 2.36 bits per heavy atom. The summed E-state index contributed by atoms with van der Waals surface area (Å²) in [5.41, 5.74) is 3.22. The van der Waals surface area contributed by atoms with E-state index in [4.69, 9.17) is 0 Å². The summed E-state index contributed by atoms with van der Waals surface area (Å²) in [6.45, 7) is 9.08. The van der Waals surface area contributed by atoms with Gasteiger partial charge in [0.1, 0.15) is 0 Å². The third-order valence-electron chi connectivity index (χ3n) is 3.35. The zero-order valence-corrected chi connectivity index (χ0v) is 9.30. The lowest BCUT2D eigenvalue weighted by Gasteiger charge is -2.26. The maximum Gasteiger partial charge on any atom is 0.00267 e. The van der Waals surface area contributed by atoms with Crippen molar-refractivity contribution in [3.8, 4) is 0 Å². The number of benzene rings is 1. The third-order valence-corrected chi connectivity index (χ3v) is 3.35. The summed E-state index contributed by atoms with van der Waals surface area (Å²) in [7, 11) is 0. The molecule has 0 amide bonds. The second-order valence-corrected chi connectivity index (χ2v) is 5.08. The number of nitrogens with one attached hydrogen (secondary N) is 1. The number of rotatable bonds is 1. The summed E-state index contributed by atoms with van der Waals surface area (Å²) in [5.74, 6) is 0.670. The van der Waals surface area contributed by atoms with Gasteiger partial charge in [-0.15, -0.1) is 0 Å². The molecule has 1 nitrogen and oxygen atoms in total. The molecule has 1 aromatic rings. The van der Waals surface area contributed by atoms with Gasteiger partial charge in [0, 0.05) is 19.0 Å². The van der Waals surface area contributed by atoms with Gasteiger partial charge >= 0.3 is 0 Å². The molecule has 0 unspecified atom stereocenters. The molecule has 1 heteroatoms. The lowest BCUT2D eigenvalue weighted by Crippen LogP contribution is -2.20. The minimum Gasteiger partial charge on any atom is -0.316 e. The fourth-order valence-corrected chi connectivity index (χ4v) is 2.31. The van der Waals surface area contributed by atoms with Crippen LogP contribution in [0.1, 0.15) is 30.9 Å². The van der Waals surface area contributed by atoms with Crippen LogP contribution in [-0.2, 0) is 0 Å². The molecule has 1 N–H and O–H groups in total. The lowest BCUT2D eigenvalue weighted by atomic mass is 9.78. The summed E-state index contributed by atoms with van der Waals surface area (Å²) in [6, 6.07) is 8.97. The lowest BCUT2D eigenvalue weighted by molar-refractivity contribution is 0.363. The molecule has 76 valence electrons. The van der Waals surface area contributed by atoms with E-state index in [1.165, 1.54) is 11.1 Å². The quantitative estimate of drug-likeness (QED) is 0.716. The fourth-order valence-electron chi connectivity index (χ4n) is 2.31. The average Bonchev–Trinajstić information content (AvgIpc) is 2.47. The predicted octanol–water partition coefficient (Wildman–Crippen LogP) is 2.71. The van der Waals surface area contributed by atoms with Crippen LogP contribution in [0.25, 0.3) is 0 Å². The van der Waals surface area contributed by atoms with Gasteiger partial charge in [-0.25, -0.2) is 0 Å². The maximum absolute atomic E-state index is 3.48. The Morgan fingerprint density at radius 1 is 1.21 bits per heavy atom. The zero-order valence-electron chi connectivity index (χ0n) is 9.30. The van der Waals surface area contributed by atoms with Crippen LogP contribution in [0, 0.1) is 12.3 Å². The van der Waals surface area contributed by atoms with Crippen molar-refractivity contribution in [2.24, 2.45) is 5.41 Å². The van der Waals surface area contributed by atoms with Crippen LogP contribution in [-0.4, -0.2) is 13.1 Å². The van der Waals surface area contributed by atoms with Gasteiger partial charge in [-0.3, -0.25) is 0 Å².